The zero-order valence-electron chi connectivity index (χ0n) is 13.8. The van der Waals surface area contributed by atoms with Crippen molar-refractivity contribution in [3.05, 3.63) is 83.9 Å². The van der Waals surface area contributed by atoms with Gasteiger partial charge in [0.15, 0.2) is 0 Å². The molecule has 24 heavy (non-hydrogen) atoms. The van der Waals surface area contributed by atoms with E-state index >= 15 is 0 Å². The maximum Gasteiger partial charge on any atom is 0.220 e. The molecule has 1 heterocycles. The molecule has 0 saturated carbocycles. The lowest BCUT2D eigenvalue weighted by molar-refractivity contribution is -0.121. The molecule has 0 fully saturated rings. The maximum atomic E-state index is 12.0. The molecule has 0 saturated heterocycles. The summed E-state index contributed by atoms with van der Waals surface area (Å²) in [4.78, 5) is 16.0. The van der Waals surface area contributed by atoms with Gasteiger partial charge in [-0.1, -0.05) is 42.0 Å². The molecule has 4 heteroatoms. The van der Waals surface area contributed by atoms with Gasteiger partial charge in [-0.3, -0.25) is 4.79 Å². The Morgan fingerprint density at radius 1 is 1.04 bits per heavy atom. The van der Waals surface area contributed by atoms with Gasteiger partial charge in [-0.05, 0) is 36.6 Å². The van der Waals surface area contributed by atoms with Gasteiger partial charge in [-0.25, -0.2) is 4.98 Å². The lowest BCUT2D eigenvalue weighted by atomic mass is 10.1. The van der Waals surface area contributed by atoms with Crippen molar-refractivity contribution in [1.29, 1.82) is 0 Å². The number of hydrogen-bond acceptors (Lipinski definition) is 2. The Balaban J connectivity index is 1.46. The second-order valence-corrected chi connectivity index (χ2v) is 5.90. The molecule has 2 aromatic carbocycles. The maximum absolute atomic E-state index is 12.0. The fourth-order valence-corrected chi connectivity index (χ4v) is 2.50. The number of carbonyl (C=O) groups excluding carboxylic acids is 1. The molecular formula is C20H21N3O. The third kappa shape index (κ3) is 4.32. The van der Waals surface area contributed by atoms with E-state index in [4.69, 9.17) is 0 Å². The number of rotatable bonds is 6. The number of hydrogen-bond donors (Lipinski definition) is 1. The normalized spacial score (nSPS) is 10.5. The number of amides is 1. The predicted molar refractivity (Wildman–Crippen MR) is 94.9 cm³/mol. The van der Waals surface area contributed by atoms with Crippen LogP contribution in [0, 0.1) is 6.92 Å². The van der Waals surface area contributed by atoms with Gasteiger partial charge >= 0.3 is 0 Å². The molecular weight excluding hydrogens is 298 g/mol. The van der Waals surface area contributed by atoms with E-state index in [0.717, 1.165) is 17.7 Å². The number of carbonyl (C=O) groups is 1. The third-order valence-electron chi connectivity index (χ3n) is 3.99. The summed E-state index contributed by atoms with van der Waals surface area (Å²) in [5, 5.41) is 2.98. The van der Waals surface area contributed by atoms with E-state index in [1.807, 2.05) is 35.0 Å². The molecule has 3 rings (SSSR count). The van der Waals surface area contributed by atoms with Crippen molar-refractivity contribution < 1.29 is 4.79 Å². The molecule has 0 radical (unpaired) electrons. The van der Waals surface area contributed by atoms with E-state index in [-0.39, 0.29) is 5.91 Å². The Labute approximate surface area is 142 Å². The van der Waals surface area contributed by atoms with Crippen molar-refractivity contribution >= 4 is 5.91 Å². The number of aromatic nitrogens is 2. The molecule has 0 spiro atoms. The second kappa shape index (κ2) is 7.59. The first-order chi connectivity index (χ1) is 11.7. The standard InChI is InChI=1S/C20H21N3O/c1-16-2-4-17(5-3-16)8-11-20(24)22-14-18-6-9-19(10-7-18)23-13-12-21-15-23/h2-7,9-10,12-13,15H,8,11,14H2,1H3,(H,22,24). The second-order valence-electron chi connectivity index (χ2n) is 5.90. The van der Waals surface area contributed by atoms with Crippen LogP contribution < -0.4 is 5.32 Å². The highest BCUT2D eigenvalue weighted by Gasteiger charge is 2.03. The Hall–Kier alpha value is -2.88. The van der Waals surface area contributed by atoms with Gasteiger partial charge in [0, 0.05) is 31.0 Å². The van der Waals surface area contributed by atoms with Crippen LogP contribution in [0.1, 0.15) is 23.1 Å². The summed E-state index contributed by atoms with van der Waals surface area (Å²) in [5.74, 6) is 0.0780. The van der Waals surface area contributed by atoms with E-state index in [1.54, 1.807) is 12.5 Å². The van der Waals surface area contributed by atoms with Gasteiger partial charge < -0.3 is 9.88 Å². The van der Waals surface area contributed by atoms with Crippen molar-refractivity contribution in [3.8, 4) is 5.69 Å². The van der Waals surface area contributed by atoms with Gasteiger partial charge in [0.25, 0.3) is 0 Å². The van der Waals surface area contributed by atoms with Crippen LogP contribution in [-0.2, 0) is 17.8 Å². The smallest absolute Gasteiger partial charge is 0.220 e. The largest absolute Gasteiger partial charge is 0.352 e. The van der Waals surface area contributed by atoms with Gasteiger partial charge in [-0.2, -0.15) is 0 Å². The molecule has 0 unspecified atom stereocenters. The van der Waals surface area contributed by atoms with E-state index in [9.17, 15) is 4.79 Å². The Bertz CT molecular complexity index is 775. The summed E-state index contributed by atoms with van der Waals surface area (Å²) in [6, 6.07) is 16.4. The van der Waals surface area contributed by atoms with Gasteiger partial charge in [0.1, 0.15) is 0 Å². The number of imidazole rings is 1. The first kappa shape index (κ1) is 16.0. The highest BCUT2D eigenvalue weighted by atomic mass is 16.1. The first-order valence-electron chi connectivity index (χ1n) is 8.10. The van der Waals surface area contributed by atoms with Crippen molar-refractivity contribution in [3.63, 3.8) is 0 Å². The average molecular weight is 319 g/mol. The van der Waals surface area contributed by atoms with Gasteiger partial charge in [0.2, 0.25) is 5.91 Å². The fourth-order valence-electron chi connectivity index (χ4n) is 2.50. The predicted octanol–water partition coefficient (Wildman–Crippen LogP) is 3.43. The van der Waals surface area contributed by atoms with Crippen molar-refractivity contribution in [2.45, 2.75) is 26.3 Å². The van der Waals surface area contributed by atoms with Crippen LogP contribution in [0.4, 0.5) is 0 Å². The molecule has 0 atom stereocenters. The van der Waals surface area contributed by atoms with E-state index < -0.39 is 0 Å². The molecule has 1 aromatic heterocycles. The van der Waals surface area contributed by atoms with Crippen LogP contribution in [-0.4, -0.2) is 15.5 Å². The summed E-state index contributed by atoms with van der Waals surface area (Å²) in [7, 11) is 0. The Morgan fingerprint density at radius 3 is 2.42 bits per heavy atom. The van der Waals surface area contributed by atoms with Gasteiger partial charge in [0.05, 0.1) is 6.33 Å². The molecule has 1 N–H and O–H groups in total. The molecule has 1 amide bonds. The van der Waals surface area contributed by atoms with Gasteiger partial charge in [-0.15, -0.1) is 0 Å². The monoisotopic (exact) mass is 319 g/mol. The number of aryl methyl sites for hydroxylation is 2. The molecule has 122 valence electrons. The highest BCUT2D eigenvalue weighted by molar-refractivity contribution is 5.76. The molecule has 0 aliphatic heterocycles. The summed E-state index contributed by atoms with van der Waals surface area (Å²) >= 11 is 0. The van der Waals surface area contributed by atoms with E-state index in [0.29, 0.717) is 13.0 Å². The quantitative estimate of drug-likeness (QED) is 0.756. The Morgan fingerprint density at radius 2 is 1.75 bits per heavy atom. The van der Waals surface area contributed by atoms with E-state index in [1.165, 1.54) is 11.1 Å². The summed E-state index contributed by atoms with van der Waals surface area (Å²) in [6.07, 6.45) is 6.70. The topological polar surface area (TPSA) is 46.9 Å². The third-order valence-corrected chi connectivity index (χ3v) is 3.99. The zero-order valence-corrected chi connectivity index (χ0v) is 13.8. The van der Waals surface area contributed by atoms with E-state index in [2.05, 4.69) is 41.5 Å². The van der Waals surface area contributed by atoms with Crippen LogP contribution in [0.15, 0.2) is 67.3 Å². The van der Waals surface area contributed by atoms with Crippen LogP contribution in [0.2, 0.25) is 0 Å². The number of benzene rings is 2. The molecule has 3 aromatic rings. The highest BCUT2D eigenvalue weighted by Crippen LogP contribution is 2.09. The number of nitrogens with one attached hydrogen (secondary N) is 1. The van der Waals surface area contributed by atoms with Crippen molar-refractivity contribution in [1.82, 2.24) is 14.9 Å². The molecule has 0 aliphatic rings. The summed E-state index contributed by atoms with van der Waals surface area (Å²) in [6.45, 7) is 2.62. The molecule has 4 nitrogen and oxygen atoms in total. The summed E-state index contributed by atoms with van der Waals surface area (Å²) < 4.78 is 1.95. The lowest BCUT2D eigenvalue weighted by Crippen LogP contribution is -2.22. The van der Waals surface area contributed by atoms with Crippen LogP contribution in [0.5, 0.6) is 0 Å². The SMILES string of the molecule is Cc1ccc(CCC(=O)NCc2ccc(-n3ccnc3)cc2)cc1. The lowest BCUT2D eigenvalue weighted by Gasteiger charge is -2.07. The number of nitrogens with zero attached hydrogens (tertiary/aromatic N) is 2. The minimum atomic E-state index is 0.0780. The summed E-state index contributed by atoms with van der Waals surface area (Å²) in [5.41, 5.74) is 4.58. The van der Waals surface area contributed by atoms with Crippen LogP contribution in [0.3, 0.4) is 0 Å². The Kier molecular flexibility index (Phi) is 5.06. The van der Waals surface area contributed by atoms with Crippen molar-refractivity contribution in [2.75, 3.05) is 0 Å². The molecule has 0 aliphatic carbocycles. The molecule has 0 bridgehead atoms. The van der Waals surface area contributed by atoms with Crippen LogP contribution >= 0.6 is 0 Å². The minimum absolute atomic E-state index is 0.0780. The minimum Gasteiger partial charge on any atom is -0.352 e. The average Bonchev–Trinajstić information content (AvgIpc) is 3.14. The first-order valence-corrected chi connectivity index (χ1v) is 8.10. The van der Waals surface area contributed by atoms with Crippen LogP contribution in [0.25, 0.3) is 5.69 Å². The van der Waals surface area contributed by atoms with Crippen molar-refractivity contribution in [2.24, 2.45) is 0 Å². The fraction of sp³-hybridized carbons (Fsp3) is 0.200. The zero-order chi connectivity index (χ0) is 16.8.